The Morgan fingerprint density at radius 2 is 2.11 bits per heavy atom. The molecule has 148 valence electrons. The van der Waals surface area contributed by atoms with Gasteiger partial charge in [0, 0.05) is 42.5 Å². The Balaban J connectivity index is 1.54. The Labute approximate surface area is 169 Å². The van der Waals surface area contributed by atoms with Gasteiger partial charge in [0.05, 0.1) is 0 Å². The number of hydrogen-bond donors (Lipinski definition) is 2. The molecule has 2 amide bonds. The molecule has 1 unspecified atom stereocenters. The number of ether oxygens (including phenoxy) is 2. The summed E-state index contributed by atoms with van der Waals surface area (Å²) in [6.07, 6.45) is 0.589. The topological polar surface area (TPSA) is 76.7 Å². The zero-order valence-corrected chi connectivity index (χ0v) is 16.4. The van der Waals surface area contributed by atoms with Crippen molar-refractivity contribution in [1.82, 2.24) is 5.32 Å². The van der Waals surface area contributed by atoms with Crippen molar-refractivity contribution in [3.05, 3.63) is 58.6 Å². The van der Waals surface area contributed by atoms with Gasteiger partial charge in [0.15, 0.2) is 6.10 Å². The second-order valence-electron chi connectivity index (χ2n) is 6.44. The minimum absolute atomic E-state index is 0.188. The minimum Gasteiger partial charge on any atom is -0.480 e. The molecule has 6 nitrogen and oxygen atoms in total. The van der Waals surface area contributed by atoms with E-state index in [0.29, 0.717) is 48.2 Å². The van der Waals surface area contributed by atoms with Gasteiger partial charge in [-0.1, -0.05) is 17.7 Å². The predicted molar refractivity (Wildman–Crippen MR) is 108 cm³/mol. The van der Waals surface area contributed by atoms with Crippen LogP contribution in [0.5, 0.6) is 5.75 Å². The summed E-state index contributed by atoms with van der Waals surface area (Å²) in [4.78, 5) is 24.8. The summed E-state index contributed by atoms with van der Waals surface area (Å²) in [5.41, 5.74) is 1.94. The van der Waals surface area contributed by atoms with Crippen LogP contribution in [0.3, 0.4) is 0 Å². The smallest absolute Gasteiger partial charge is 0.265 e. The van der Waals surface area contributed by atoms with Crippen LogP contribution in [0.2, 0.25) is 5.02 Å². The highest BCUT2D eigenvalue weighted by Crippen LogP contribution is 2.31. The van der Waals surface area contributed by atoms with E-state index in [9.17, 15) is 9.59 Å². The lowest BCUT2D eigenvalue weighted by atomic mass is 10.1. The van der Waals surface area contributed by atoms with Crippen molar-refractivity contribution in [3.63, 3.8) is 0 Å². The minimum atomic E-state index is -0.621. The number of amides is 2. The third-order valence-electron chi connectivity index (χ3n) is 4.34. The summed E-state index contributed by atoms with van der Waals surface area (Å²) >= 11 is 5.99. The number of hydrogen-bond acceptors (Lipinski definition) is 4. The molecule has 0 saturated carbocycles. The number of rotatable bonds is 8. The molecule has 2 N–H and O–H groups in total. The normalized spacial score (nSPS) is 14.9. The number of fused-ring (bicyclic) bond motifs is 1. The standard InChI is InChI=1S/C21H23ClN2O4/c1-2-27-10-4-9-23-20(25)14-5-3-6-17(12-14)24-21(26)19-13-15-11-16(22)7-8-18(15)28-19/h3,5-8,11-12,19H,2,4,9-10,13H2,1H3,(H,23,25)(H,24,26). The van der Waals surface area contributed by atoms with Crippen molar-refractivity contribution in [2.75, 3.05) is 25.1 Å². The first-order valence-corrected chi connectivity index (χ1v) is 9.66. The number of anilines is 1. The molecule has 1 aliphatic heterocycles. The molecule has 7 heteroatoms. The average Bonchev–Trinajstić information content (AvgIpc) is 3.11. The van der Waals surface area contributed by atoms with E-state index in [4.69, 9.17) is 21.1 Å². The average molecular weight is 403 g/mol. The van der Waals surface area contributed by atoms with Gasteiger partial charge in [0.25, 0.3) is 11.8 Å². The van der Waals surface area contributed by atoms with Gasteiger partial charge in [0.1, 0.15) is 5.75 Å². The number of carbonyl (C=O) groups excluding carboxylic acids is 2. The van der Waals surface area contributed by atoms with E-state index in [1.807, 2.05) is 6.92 Å². The molecule has 0 aromatic heterocycles. The van der Waals surface area contributed by atoms with E-state index in [2.05, 4.69) is 10.6 Å². The van der Waals surface area contributed by atoms with Gasteiger partial charge < -0.3 is 20.1 Å². The lowest BCUT2D eigenvalue weighted by molar-refractivity contribution is -0.122. The van der Waals surface area contributed by atoms with Crippen LogP contribution in [0.1, 0.15) is 29.3 Å². The molecule has 2 aromatic rings. The van der Waals surface area contributed by atoms with Crippen LogP contribution in [0.4, 0.5) is 5.69 Å². The largest absolute Gasteiger partial charge is 0.480 e. The maximum Gasteiger partial charge on any atom is 0.265 e. The lowest BCUT2D eigenvalue weighted by Gasteiger charge is -2.12. The van der Waals surface area contributed by atoms with Crippen LogP contribution in [0.15, 0.2) is 42.5 Å². The van der Waals surface area contributed by atoms with E-state index in [0.717, 1.165) is 12.0 Å². The van der Waals surface area contributed by atoms with E-state index in [-0.39, 0.29) is 11.8 Å². The van der Waals surface area contributed by atoms with Gasteiger partial charge in [-0.05, 0) is 55.3 Å². The van der Waals surface area contributed by atoms with E-state index in [1.165, 1.54) is 0 Å². The van der Waals surface area contributed by atoms with E-state index < -0.39 is 6.10 Å². The number of halogens is 1. The zero-order valence-electron chi connectivity index (χ0n) is 15.7. The molecular formula is C21H23ClN2O4. The van der Waals surface area contributed by atoms with Gasteiger partial charge in [0.2, 0.25) is 0 Å². The highest BCUT2D eigenvalue weighted by Gasteiger charge is 2.29. The Morgan fingerprint density at radius 1 is 1.25 bits per heavy atom. The summed E-state index contributed by atoms with van der Waals surface area (Å²) in [5, 5.41) is 6.27. The van der Waals surface area contributed by atoms with Crippen molar-refractivity contribution in [2.24, 2.45) is 0 Å². The van der Waals surface area contributed by atoms with Crippen molar-refractivity contribution >= 4 is 29.1 Å². The van der Waals surface area contributed by atoms with Crippen LogP contribution in [-0.2, 0) is 16.0 Å². The highest BCUT2D eigenvalue weighted by molar-refractivity contribution is 6.30. The monoisotopic (exact) mass is 402 g/mol. The third kappa shape index (κ3) is 5.24. The Hall–Kier alpha value is -2.57. The fourth-order valence-electron chi connectivity index (χ4n) is 2.95. The van der Waals surface area contributed by atoms with Crippen molar-refractivity contribution < 1.29 is 19.1 Å². The maximum atomic E-state index is 12.5. The highest BCUT2D eigenvalue weighted by atomic mass is 35.5. The molecule has 3 rings (SSSR count). The quantitative estimate of drug-likeness (QED) is 0.663. The zero-order chi connectivity index (χ0) is 19.9. The molecule has 0 saturated heterocycles. The van der Waals surface area contributed by atoms with Crippen molar-refractivity contribution in [3.8, 4) is 5.75 Å². The van der Waals surface area contributed by atoms with Gasteiger partial charge in [-0.2, -0.15) is 0 Å². The van der Waals surface area contributed by atoms with E-state index in [1.54, 1.807) is 42.5 Å². The van der Waals surface area contributed by atoms with Gasteiger partial charge >= 0.3 is 0 Å². The predicted octanol–water partition coefficient (Wildman–Crippen LogP) is 3.44. The number of benzene rings is 2. The summed E-state index contributed by atoms with van der Waals surface area (Å²) in [5.74, 6) is 0.220. The van der Waals surface area contributed by atoms with Crippen LogP contribution < -0.4 is 15.4 Å². The number of carbonyl (C=O) groups is 2. The Bertz CT molecular complexity index is 856. The van der Waals surface area contributed by atoms with Crippen LogP contribution in [0, 0.1) is 0 Å². The SMILES string of the molecule is CCOCCCNC(=O)c1cccc(NC(=O)C2Cc3cc(Cl)ccc3O2)c1. The molecule has 0 bridgehead atoms. The van der Waals surface area contributed by atoms with Crippen LogP contribution in [0.25, 0.3) is 0 Å². The fraction of sp³-hybridized carbons (Fsp3) is 0.333. The molecule has 2 aromatic carbocycles. The second kappa shape index (κ2) is 9.57. The molecule has 0 spiro atoms. The first kappa shape index (κ1) is 20.2. The molecule has 1 heterocycles. The van der Waals surface area contributed by atoms with Gasteiger partial charge in [-0.25, -0.2) is 0 Å². The first-order chi connectivity index (χ1) is 13.6. The summed E-state index contributed by atoms with van der Waals surface area (Å²) < 4.78 is 10.9. The molecule has 1 atom stereocenters. The van der Waals surface area contributed by atoms with Crippen LogP contribution >= 0.6 is 11.6 Å². The van der Waals surface area contributed by atoms with Crippen LogP contribution in [-0.4, -0.2) is 37.7 Å². The van der Waals surface area contributed by atoms with Crippen molar-refractivity contribution in [1.29, 1.82) is 0 Å². The molecule has 1 aliphatic rings. The molecule has 28 heavy (non-hydrogen) atoms. The fourth-order valence-corrected chi connectivity index (χ4v) is 3.14. The first-order valence-electron chi connectivity index (χ1n) is 9.28. The molecule has 0 fully saturated rings. The third-order valence-corrected chi connectivity index (χ3v) is 4.57. The Kier molecular flexibility index (Phi) is 6.90. The summed E-state index contributed by atoms with van der Waals surface area (Å²) in [6.45, 7) is 3.75. The van der Waals surface area contributed by atoms with Crippen molar-refractivity contribution in [2.45, 2.75) is 25.9 Å². The lowest BCUT2D eigenvalue weighted by Crippen LogP contribution is -2.31. The summed E-state index contributed by atoms with van der Waals surface area (Å²) in [6, 6.07) is 12.1. The molecular weight excluding hydrogens is 380 g/mol. The Morgan fingerprint density at radius 3 is 2.93 bits per heavy atom. The van der Waals surface area contributed by atoms with Gasteiger partial charge in [-0.3, -0.25) is 9.59 Å². The maximum absolute atomic E-state index is 12.5. The molecule has 0 radical (unpaired) electrons. The second-order valence-corrected chi connectivity index (χ2v) is 6.88. The van der Waals surface area contributed by atoms with Gasteiger partial charge in [-0.15, -0.1) is 0 Å². The molecule has 0 aliphatic carbocycles. The van der Waals surface area contributed by atoms with E-state index >= 15 is 0 Å². The number of nitrogens with one attached hydrogen (secondary N) is 2. The summed E-state index contributed by atoms with van der Waals surface area (Å²) in [7, 11) is 0.